The molecule has 0 saturated carbocycles. The standard InChI is InChI=1S/C22H19F3N2O3S/c1-14-7-12-17(13-20(14)27-31(2,29)30)26-21(28)19-6-4-3-5-18(19)15-8-10-16(11-9-15)22(23,24)25/h3-13,27H,1-2H3,(H,26,28). The van der Waals surface area contributed by atoms with Crippen molar-refractivity contribution in [2.45, 2.75) is 13.1 Å². The van der Waals surface area contributed by atoms with Gasteiger partial charge in [-0.25, -0.2) is 8.42 Å². The van der Waals surface area contributed by atoms with Crippen molar-refractivity contribution in [3.63, 3.8) is 0 Å². The van der Waals surface area contributed by atoms with Crippen LogP contribution in [0.3, 0.4) is 0 Å². The molecular weight excluding hydrogens is 429 g/mol. The smallest absolute Gasteiger partial charge is 0.322 e. The van der Waals surface area contributed by atoms with E-state index in [9.17, 15) is 26.4 Å². The first-order valence-corrected chi connectivity index (χ1v) is 11.0. The Morgan fingerprint density at radius 3 is 2.19 bits per heavy atom. The Bertz CT molecular complexity index is 1220. The molecule has 0 bridgehead atoms. The van der Waals surface area contributed by atoms with Crippen LogP contribution in [0.15, 0.2) is 66.7 Å². The number of halogens is 3. The number of aryl methyl sites for hydroxylation is 1. The maximum atomic E-state index is 12.9. The minimum absolute atomic E-state index is 0.264. The van der Waals surface area contributed by atoms with Crippen molar-refractivity contribution in [1.82, 2.24) is 0 Å². The van der Waals surface area contributed by atoms with Crippen LogP contribution in [-0.4, -0.2) is 20.6 Å². The van der Waals surface area contributed by atoms with Crippen LogP contribution < -0.4 is 10.0 Å². The van der Waals surface area contributed by atoms with Gasteiger partial charge in [0.2, 0.25) is 10.0 Å². The molecule has 9 heteroatoms. The highest BCUT2D eigenvalue weighted by molar-refractivity contribution is 7.92. The summed E-state index contributed by atoms with van der Waals surface area (Å²) in [7, 11) is -3.50. The van der Waals surface area contributed by atoms with Crippen molar-refractivity contribution < 1.29 is 26.4 Å². The lowest BCUT2D eigenvalue weighted by molar-refractivity contribution is -0.137. The van der Waals surface area contributed by atoms with E-state index in [4.69, 9.17) is 0 Å². The molecule has 2 N–H and O–H groups in total. The fraction of sp³-hybridized carbons (Fsp3) is 0.136. The van der Waals surface area contributed by atoms with Crippen molar-refractivity contribution in [2.75, 3.05) is 16.3 Å². The van der Waals surface area contributed by atoms with Gasteiger partial charge in [0, 0.05) is 11.3 Å². The fourth-order valence-electron chi connectivity index (χ4n) is 2.98. The monoisotopic (exact) mass is 448 g/mol. The van der Waals surface area contributed by atoms with Crippen LogP contribution in [0.2, 0.25) is 0 Å². The molecule has 5 nitrogen and oxygen atoms in total. The number of amides is 1. The number of carbonyl (C=O) groups excluding carboxylic acids is 1. The molecule has 0 aliphatic rings. The molecule has 0 aliphatic heterocycles. The van der Waals surface area contributed by atoms with E-state index in [1.165, 1.54) is 18.2 Å². The summed E-state index contributed by atoms with van der Waals surface area (Å²) >= 11 is 0. The summed E-state index contributed by atoms with van der Waals surface area (Å²) in [5.74, 6) is -0.482. The number of rotatable bonds is 5. The van der Waals surface area contributed by atoms with Crippen LogP contribution in [0.25, 0.3) is 11.1 Å². The van der Waals surface area contributed by atoms with Gasteiger partial charge in [-0.05, 0) is 53.9 Å². The predicted molar refractivity (Wildman–Crippen MR) is 114 cm³/mol. The Balaban J connectivity index is 1.90. The molecule has 0 heterocycles. The highest BCUT2D eigenvalue weighted by atomic mass is 32.2. The third kappa shape index (κ3) is 5.64. The fourth-order valence-corrected chi connectivity index (χ4v) is 3.60. The Kier molecular flexibility index (Phi) is 6.08. The number of benzene rings is 3. The van der Waals surface area contributed by atoms with Gasteiger partial charge in [0.05, 0.1) is 17.5 Å². The summed E-state index contributed by atoms with van der Waals surface area (Å²) in [5.41, 5.74) is 1.79. The first-order valence-electron chi connectivity index (χ1n) is 9.10. The minimum Gasteiger partial charge on any atom is -0.322 e. The van der Waals surface area contributed by atoms with E-state index in [2.05, 4.69) is 10.0 Å². The Labute approximate surface area is 178 Å². The SMILES string of the molecule is Cc1ccc(NC(=O)c2ccccc2-c2ccc(C(F)(F)F)cc2)cc1NS(C)(=O)=O. The number of hydrogen-bond acceptors (Lipinski definition) is 3. The lowest BCUT2D eigenvalue weighted by atomic mass is 9.98. The number of carbonyl (C=O) groups is 1. The van der Waals surface area contributed by atoms with Crippen LogP contribution >= 0.6 is 0 Å². The summed E-state index contributed by atoms with van der Waals surface area (Å²) in [4.78, 5) is 12.9. The molecule has 0 spiro atoms. The van der Waals surface area contributed by atoms with Crippen LogP contribution in [0.4, 0.5) is 24.5 Å². The summed E-state index contributed by atoms with van der Waals surface area (Å²) in [6.07, 6.45) is -3.42. The Morgan fingerprint density at radius 2 is 1.58 bits per heavy atom. The van der Waals surface area contributed by atoms with E-state index >= 15 is 0 Å². The van der Waals surface area contributed by atoms with Gasteiger partial charge in [0.15, 0.2) is 0 Å². The third-order valence-electron chi connectivity index (χ3n) is 4.49. The highest BCUT2D eigenvalue weighted by Gasteiger charge is 2.30. The number of sulfonamides is 1. The average molecular weight is 448 g/mol. The summed E-state index contributed by atoms with van der Waals surface area (Å²) in [6, 6.07) is 15.9. The van der Waals surface area contributed by atoms with Crippen LogP contribution in [0.5, 0.6) is 0 Å². The zero-order valence-electron chi connectivity index (χ0n) is 16.6. The van der Waals surface area contributed by atoms with Gasteiger partial charge in [0.25, 0.3) is 5.91 Å². The van der Waals surface area contributed by atoms with Gasteiger partial charge >= 0.3 is 6.18 Å². The first kappa shape index (κ1) is 22.4. The second-order valence-corrected chi connectivity index (χ2v) is 8.73. The van der Waals surface area contributed by atoms with Crippen molar-refractivity contribution in [1.29, 1.82) is 0 Å². The minimum atomic E-state index is -4.45. The van der Waals surface area contributed by atoms with Gasteiger partial charge in [-0.3, -0.25) is 9.52 Å². The highest BCUT2D eigenvalue weighted by Crippen LogP contribution is 2.32. The zero-order valence-corrected chi connectivity index (χ0v) is 17.4. The van der Waals surface area contributed by atoms with Gasteiger partial charge < -0.3 is 5.32 Å². The molecule has 0 saturated heterocycles. The van der Waals surface area contributed by atoms with Gasteiger partial charge in [-0.2, -0.15) is 13.2 Å². The third-order valence-corrected chi connectivity index (χ3v) is 5.08. The van der Waals surface area contributed by atoms with E-state index < -0.39 is 27.7 Å². The van der Waals surface area contributed by atoms with Gasteiger partial charge in [0.1, 0.15) is 0 Å². The van der Waals surface area contributed by atoms with Crippen LogP contribution in [0, 0.1) is 6.92 Å². The van der Waals surface area contributed by atoms with Crippen molar-refractivity contribution >= 4 is 27.3 Å². The summed E-state index contributed by atoms with van der Waals surface area (Å²) in [6.45, 7) is 1.72. The molecule has 0 aliphatic carbocycles. The molecule has 3 aromatic rings. The molecule has 0 aromatic heterocycles. The number of anilines is 2. The van der Waals surface area contributed by atoms with Gasteiger partial charge in [-0.1, -0.05) is 36.4 Å². The molecule has 0 atom stereocenters. The molecule has 0 unspecified atom stereocenters. The van der Waals surface area contributed by atoms with Gasteiger partial charge in [-0.15, -0.1) is 0 Å². The zero-order chi connectivity index (χ0) is 22.8. The van der Waals surface area contributed by atoms with Crippen molar-refractivity contribution in [2.24, 2.45) is 0 Å². The van der Waals surface area contributed by atoms with Crippen LogP contribution in [-0.2, 0) is 16.2 Å². The van der Waals surface area contributed by atoms with E-state index in [1.807, 2.05) is 0 Å². The normalized spacial score (nSPS) is 11.8. The molecule has 0 fully saturated rings. The van der Waals surface area contributed by atoms with Crippen molar-refractivity contribution in [3.8, 4) is 11.1 Å². The first-order chi connectivity index (χ1) is 14.4. The Hall–Kier alpha value is -3.33. The van der Waals surface area contributed by atoms with Crippen LogP contribution in [0.1, 0.15) is 21.5 Å². The number of alkyl halides is 3. The maximum Gasteiger partial charge on any atom is 0.416 e. The molecule has 1 amide bonds. The second-order valence-electron chi connectivity index (χ2n) is 6.98. The number of hydrogen-bond donors (Lipinski definition) is 2. The largest absolute Gasteiger partial charge is 0.416 e. The Morgan fingerprint density at radius 1 is 0.935 bits per heavy atom. The molecular formula is C22H19F3N2O3S. The van der Waals surface area contributed by atoms with E-state index in [-0.39, 0.29) is 5.56 Å². The molecule has 31 heavy (non-hydrogen) atoms. The van der Waals surface area contributed by atoms with E-state index in [1.54, 1.807) is 43.3 Å². The molecule has 3 aromatic carbocycles. The second kappa shape index (κ2) is 8.43. The predicted octanol–water partition coefficient (Wildman–Crippen LogP) is 5.30. The topological polar surface area (TPSA) is 75.3 Å². The average Bonchev–Trinajstić information content (AvgIpc) is 2.69. The molecule has 162 valence electrons. The van der Waals surface area contributed by atoms with Crippen molar-refractivity contribution in [3.05, 3.63) is 83.4 Å². The number of nitrogens with one attached hydrogen (secondary N) is 2. The quantitative estimate of drug-likeness (QED) is 0.556. The maximum absolute atomic E-state index is 12.9. The summed E-state index contributed by atoms with van der Waals surface area (Å²) in [5, 5.41) is 2.70. The lowest BCUT2D eigenvalue weighted by Crippen LogP contribution is -2.14. The van der Waals surface area contributed by atoms with E-state index in [0.29, 0.717) is 28.1 Å². The van der Waals surface area contributed by atoms with E-state index in [0.717, 1.165) is 18.4 Å². The molecule has 0 radical (unpaired) electrons. The molecule has 3 rings (SSSR count). The summed E-state index contributed by atoms with van der Waals surface area (Å²) < 4.78 is 63.9. The lowest BCUT2D eigenvalue weighted by Gasteiger charge is -2.13.